The predicted octanol–water partition coefficient (Wildman–Crippen LogP) is 2.75. The highest BCUT2D eigenvalue weighted by atomic mass is 19.1. The number of nitrogens with zero attached hydrogens (tertiary/aromatic N) is 5. The van der Waals surface area contributed by atoms with Gasteiger partial charge in [0.1, 0.15) is 17.2 Å². The van der Waals surface area contributed by atoms with Crippen LogP contribution in [0.4, 0.5) is 27.5 Å². The van der Waals surface area contributed by atoms with Crippen LogP contribution in [0.1, 0.15) is 29.2 Å². The molecule has 10 nitrogen and oxygen atoms in total. The Hall–Kier alpha value is -4.28. The zero-order valence-electron chi connectivity index (χ0n) is 17.7. The highest BCUT2D eigenvalue weighted by molar-refractivity contribution is 5.98. The third-order valence-corrected chi connectivity index (χ3v) is 5.28. The maximum Gasteiger partial charge on any atom is 0.254 e. The average Bonchev–Trinajstić information content (AvgIpc) is 3.28. The van der Waals surface area contributed by atoms with Crippen molar-refractivity contribution in [3.05, 3.63) is 66.9 Å². The number of hydrogen-bond acceptors (Lipinski definition) is 7. The molecule has 1 saturated heterocycles. The van der Waals surface area contributed by atoms with Crippen molar-refractivity contribution in [3.63, 3.8) is 0 Å². The summed E-state index contributed by atoms with van der Waals surface area (Å²) in [5.74, 6) is -0.766. The van der Waals surface area contributed by atoms with E-state index in [4.69, 9.17) is 5.73 Å². The molecule has 1 atom stereocenters. The third kappa shape index (κ3) is 5.14. The average molecular weight is 450 g/mol. The molecule has 1 aliphatic rings. The number of rotatable bonds is 7. The minimum atomic E-state index is -0.699. The van der Waals surface area contributed by atoms with E-state index in [0.29, 0.717) is 24.5 Å². The summed E-state index contributed by atoms with van der Waals surface area (Å²) in [7, 11) is 0. The molecule has 0 saturated carbocycles. The van der Waals surface area contributed by atoms with Crippen molar-refractivity contribution in [2.75, 3.05) is 23.7 Å². The molecule has 4 rings (SSSR count). The van der Waals surface area contributed by atoms with Crippen LogP contribution in [0.5, 0.6) is 0 Å². The van der Waals surface area contributed by atoms with Crippen molar-refractivity contribution in [3.8, 4) is 0 Å². The molecule has 0 spiro atoms. The number of nitrogens with one attached hydrogen (secondary N) is 2. The zero-order chi connectivity index (χ0) is 23.4. The number of carbonyl (C=O) groups is 2. The molecule has 0 radical (unpaired) electrons. The number of amides is 2. The molecule has 4 N–H and O–H groups in total. The minimum Gasteiger partial charge on any atom is -0.365 e. The van der Waals surface area contributed by atoms with Gasteiger partial charge in [0.25, 0.3) is 5.91 Å². The molecule has 33 heavy (non-hydrogen) atoms. The normalized spacial score (nSPS) is 15.7. The van der Waals surface area contributed by atoms with Gasteiger partial charge in [-0.1, -0.05) is 6.58 Å². The Kier molecular flexibility index (Phi) is 6.29. The standard InChI is InChI=1S/C22H23FN8O2/c1-2-19(32)30-9-3-4-17(13-30)31-12-16(10-26-31)28-22-25-11-18(20(24)33)21(29-22)27-15-7-5-14(23)6-8-15/h2,5-8,10-12,17H,1,3-4,9,13H2,(H2,24,33)(H2,25,27,28,29)/t17-/m0/s1. The lowest BCUT2D eigenvalue weighted by Gasteiger charge is -2.32. The summed E-state index contributed by atoms with van der Waals surface area (Å²) >= 11 is 0. The van der Waals surface area contributed by atoms with Crippen LogP contribution >= 0.6 is 0 Å². The van der Waals surface area contributed by atoms with E-state index >= 15 is 0 Å². The van der Waals surface area contributed by atoms with E-state index in [1.54, 1.807) is 15.8 Å². The number of primary amides is 1. The van der Waals surface area contributed by atoms with Gasteiger partial charge in [0, 0.05) is 31.2 Å². The van der Waals surface area contributed by atoms with Gasteiger partial charge >= 0.3 is 0 Å². The maximum atomic E-state index is 13.2. The van der Waals surface area contributed by atoms with Crippen LogP contribution in [-0.2, 0) is 4.79 Å². The van der Waals surface area contributed by atoms with Crippen molar-refractivity contribution in [1.82, 2.24) is 24.6 Å². The lowest BCUT2D eigenvalue weighted by molar-refractivity contribution is -0.127. The number of halogens is 1. The fourth-order valence-electron chi connectivity index (χ4n) is 3.62. The van der Waals surface area contributed by atoms with Crippen LogP contribution in [0.3, 0.4) is 0 Å². The predicted molar refractivity (Wildman–Crippen MR) is 121 cm³/mol. The van der Waals surface area contributed by atoms with Gasteiger partial charge in [0.15, 0.2) is 0 Å². The van der Waals surface area contributed by atoms with Crippen LogP contribution in [0.25, 0.3) is 0 Å². The quantitative estimate of drug-likeness (QED) is 0.472. The van der Waals surface area contributed by atoms with Crippen molar-refractivity contribution in [1.29, 1.82) is 0 Å². The smallest absolute Gasteiger partial charge is 0.254 e. The molecule has 170 valence electrons. The first-order valence-electron chi connectivity index (χ1n) is 10.3. The summed E-state index contributed by atoms with van der Waals surface area (Å²) in [5.41, 5.74) is 6.70. The molecule has 0 bridgehead atoms. The fraction of sp³-hybridized carbons (Fsp3) is 0.227. The molecule has 2 aromatic heterocycles. The third-order valence-electron chi connectivity index (χ3n) is 5.28. The molecule has 2 amide bonds. The monoisotopic (exact) mass is 450 g/mol. The van der Waals surface area contributed by atoms with E-state index in [1.807, 2.05) is 6.20 Å². The van der Waals surface area contributed by atoms with E-state index in [1.165, 1.54) is 36.5 Å². The van der Waals surface area contributed by atoms with Gasteiger partial charge in [0.2, 0.25) is 11.9 Å². The van der Waals surface area contributed by atoms with E-state index < -0.39 is 5.91 Å². The van der Waals surface area contributed by atoms with E-state index in [-0.39, 0.29) is 35.1 Å². The second-order valence-electron chi connectivity index (χ2n) is 7.57. The van der Waals surface area contributed by atoms with Gasteiger partial charge in [0.05, 0.1) is 17.9 Å². The summed E-state index contributed by atoms with van der Waals surface area (Å²) in [6, 6.07) is 5.66. The molecule has 1 aliphatic heterocycles. The molecular formula is C22H23FN8O2. The number of carbonyl (C=O) groups excluding carboxylic acids is 2. The number of nitrogens with two attached hydrogens (primary N) is 1. The van der Waals surface area contributed by atoms with Crippen LogP contribution in [-0.4, -0.2) is 49.6 Å². The van der Waals surface area contributed by atoms with Crippen molar-refractivity contribution >= 4 is 35.0 Å². The number of aromatic nitrogens is 4. The van der Waals surface area contributed by atoms with Gasteiger partial charge < -0.3 is 21.3 Å². The molecule has 0 aliphatic carbocycles. The number of benzene rings is 1. The Morgan fingerprint density at radius 3 is 2.70 bits per heavy atom. The molecule has 3 aromatic rings. The summed E-state index contributed by atoms with van der Waals surface area (Å²) < 4.78 is 15.0. The summed E-state index contributed by atoms with van der Waals surface area (Å²) in [5, 5.41) is 10.4. The lowest BCUT2D eigenvalue weighted by atomic mass is 10.1. The second kappa shape index (κ2) is 9.47. The highest BCUT2D eigenvalue weighted by Crippen LogP contribution is 2.25. The van der Waals surface area contributed by atoms with E-state index in [9.17, 15) is 14.0 Å². The Labute approximate surface area is 189 Å². The van der Waals surface area contributed by atoms with E-state index in [0.717, 1.165) is 12.8 Å². The Morgan fingerprint density at radius 1 is 1.18 bits per heavy atom. The molecule has 11 heteroatoms. The number of likely N-dealkylation sites (tertiary alicyclic amines) is 1. The Morgan fingerprint density at radius 2 is 1.97 bits per heavy atom. The Bertz CT molecular complexity index is 1180. The SMILES string of the molecule is C=CC(=O)N1CCC[C@H](n2cc(Nc3ncc(C(N)=O)c(Nc4ccc(F)cc4)n3)cn2)C1. The first kappa shape index (κ1) is 21.9. The number of piperidine rings is 1. The first-order valence-corrected chi connectivity index (χ1v) is 10.3. The molecular weight excluding hydrogens is 427 g/mol. The molecule has 1 aromatic carbocycles. The minimum absolute atomic E-state index is 0.0482. The summed E-state index contributed by atoms with van der Waals surface area (Å²) in [4.78, 5) is 34.0. The van der Waals surface area contributed by atoms with Crippen LogP contribution < -0.4 is 16.4 Å². The fourth-order valence-corrected chi connectivity index (χ4v) is 3.62. The largest absolute Gasteiger partial charge is 0.365 e. The van der Waals surface area contributed by atoms with Gasteiger partial charge in [-0.2, -0.15) is 10.1 Å². The number of anilines is 4. The van der Waals surface area contributed by atoms with Gasteiger partial charge in [-0.15, -0.1) is 0 Å². The Balaban J connectivity index is 1.50. The summed E-state index contributed by atoms with van der Waals surface area (Å²) in [6.07, 6.45) is 7.86. The molecule has 3 heterocycles. The van der Waals surface area contributed by atoms with E-state index in [2.05, 4.69) is 32.3 Å². The second-order valence-corrected chi connectivity index (χ2v) is 7.57. The topological polar surface area (TPSA) is 131 Å². The maximum absolute atomic E-state index is 13.2. The zero-order valence-corrected chi connectivity index (χ0v) is 17.7. The first-order chi connectivity index (χ1) is 15.9. The molecule has 0 unspecified atom stereocenters. The van der Waals surface area contributed by atoms with Crippen LogP contribution in [0.2, 0.25) is 0 Å². The highest BCUT2D eigenvalue weighted by Gasteiger charge is 2.24. The van der Waals surface area contributed by atoms with Crippen LogP contribution in [0.15, 0.2) is 55.5 Å². The number of hydrogen-bond donors (Lipinski definition) is 3. The van der Waals surface area contributed by atoms with Crippen molar-refractivity contribution in [2.45, 2.75) is 18.9 Å². The van der Waals surface area contributed by atoms with Gasteiger partial charge in [-0.05, 0) is 43.2 Å². The van der Waals surface area contributed by atoms with Crippen molar-refractivity contribution < 1.29 is 14.0 Å². The van der Waals surface area contributed by atoms with Gasteiger partial charge in [-0.25, -0.2) is 9.37 Å². The van der Waals surface area contributed by atoms with Crippen molar-refractivity contribution in [2.24, 2.45) is 5.73 Å². The van der Waals surface area contributed by atoms with Crippen LogP contribution in [0, 0.1) is 5.82 Å². The van der Waals surface area contributed by atoms with Gasteiger partial charge in [-0.3, -0.25) is 14.3 Å². The molecule has 1 fully saturated rings. The summed E-state index contributed by atoms with van der Waals surface area (Å²) in [6.45, 7) is 4.81. The lowest BCUT2D eigenvalue weighted by Crippen LogP contribution is -2.39.